The molecule has 0 N–H and O–H groups in total. The predicted octanol–water partition coefficient (Wildman–Crippen LogP) is 2.57. The Hall–Kier alpha value is -1.49. The molecule has 0 atom stereocenters. The van der Waals surface area contributed by atoms with Crippen molar-refractivity contribution in [1.82, 2.24) is 14.8 Å². The molecule has 0 aliphatic heterocycles. The highest BCUT2D eigenvalue weighted by atomic mass is 79.9. The van der Waals surface area contributed by atoms with E-state index >= 15 is 0 Å². The molecule has 5 heteroatoms. The van der Waals surface area contributed by atoms with Gasteiger partial charge in [0.05, 0.1) is 22.3 Å². The van der Waals surface area contributed by atoms with E-state index in [0.29, 0.717) is 12.0 Å². The van der Waals surface area contributed by atoms with Crippen LogP contribution in [0.1, 0.15) is 28.7 Å². The summed E-state index contributed by atoms with van der Waals surface area (Å²) in [4.78, 5) is 16.1. The fourth-order valence-corrected chi connectivity index (χ4v) is 2.55. The van der Waals surface area contributed by atoms with Gasteiger partial charge in [-0.2, -0.15) is 5.10 Å². The van der Waals surface area contributed by atoms with E-state index < -0.39 is 0 Å². The van der Waals surface area contributed by atoms with Crippen LogP contribution in [0, 0.1) is 0 Å². The van der Waals surface area contributed by atoms with Gasteiger partial charge in [-0.3, -0.25) is 14.5 Å². The van der Waals surface area contributed by atoms with Crippen molar-refractivity contribution in [3.8, 4) is 0 Å². The molecule has 94 valence electrons. The van der Waals surface area contributed by atoms with Crippen LogP contribution in [0.4, 0.5) is 0 Å². The SMILES string of the molecule is CCc1nn(C)c(CC(=O)c2cccnc2)c1Br. The fraction of sp³-hybridized carbons (Fsp3) is 0.308. The maximum atomic E-state index is 12.1. The van der Waals surface area contributed by atoms with Crippen LogP contribution in [-0.2, 0) is 19.9 Å². The summed E-state index contributed by atoms with van der Waals surface area (Å²) < 4.78 is 2.70. The number of rotatable bonds is 4. The zero-order valence-electron chi connectivity index (χ0n) is 10.4. The van der Waals surface area contributed by atoms with Crippen LogP contribution in [0.2, 0.25) is 0 Å². The first kappa shape index (κ1) is 13.0. The van der Waals surface area contributed by atoms with E-state index in [0.717, 1.165) is 22.3 Å². The molecule has 0 amide bonds. The van der Waals surface area contributed by atoms with Crippen LogP contribution in [-0.4, -0.2) is 20.5 Å². The number of hydrogen-bond acceptors (Lipinski definition) is 3. The second-order valence-electron chi connectivity index (χ2n) is 4.03. The van der Waals surface area contributed by atoms with Crippen molar-refractivity contribution in [3.05, 3.63) is 46.0 Å². The summed E-state index contributed by atoms with van der Waals surface area (Å²) in [6, 6.07) is 3.54. The molecule has 2 rings (SSSR count). The largest absolute Gasteiger partial charge is 0.294 e. The van der Waals surface area contributed by atoms with Crippen LogP contribution in [0.5, 0.6) is 0 Å². The molecule has 0 fully saturated rings. The molecule has 2 aromatic rings. The summed E-state index contributed by atoms with van der Waals surface area (Å²) >= 11 is 3.51. The molecule has 0 aliphatic carbocycles. The van der Waals surface area contributed by atoms with Gasteiger partial charge in [-0.15, -0.1) is 0 Å². The first-order valence-corrected chi connectivity index (χ1v) is 6.56. The minimum atomic E-state index is 0.0504. The standard InChI is InChI=1S/C13H14BrN3O/c1-3-10-13(14)11(17(2)16-10)7-12(18)9-5-4-6-15-8-9/h4-6,8H,3,7H2,1-2H3. The van der Waals surface area contributed by atoms with E-state index in [1.54, 1.807) is 29.2 Å². The van der Waals surface area contributed by atoms with Gasteiger partial charge in [0.2, 0.25) is 0 Å². The maximum absolute atomic E-state index is 12.1. The van der Waals surface area contributed by atoms with Crippen molar-refractivity contribution in [2.45, 2.75) is 19.8 Å². The second-order valence-corrected chi connectivity index (χ2v) is 4.82. The van der Waals surface area contributed by atoms with Crippen molar-refractivity contribution >= 4 is 21.7 Å². The summed E-state index contributed by atoms with van der Waals surface area (Å²) in [5.41, 5.74) is 2.51. The monoisotopic (exact) mass is 307 g/mol. The van der Waals surface area contributed by atoms with Crippen LogP contribution >= 0.6 is 15.9 Å². The molecule has 0 bridgehead atoms. The number of carbonyl (C=O) groups is 1. The van der Waals surface area contributed by atoms with Gasteiger partial charge in [0.15, 0.2) is 5.78 Å². The lowest BCUT2D eigenvalue weighted by Gasteiger charge is -2.02. The van der Waals surface area contributed by atoms with E-state index in [1.165, 1.54) is 0 Å². The molecule has 0 aliphatic rings. The van der Waals surface area contributed by atoms with E-state index in [9.17, 15) is 4.79 Å². The number of halogens is 1. The molecule has 2 aromatic heterocycles. The van der Waals surface area contributed by atoms with Crippen LogP contribution in [0.3, 0.4) is 0 Å². The number of ketones is 1. The Labute approximate surface area is 114 Å². The van der Waals surface area contributed by atoms with Crippen LogP contribution in [0.25, 0.3) is 0 Å². The number of aromatic nitrogens is 3. The molecule has 0 radical (unpaired) electrons. The number of hydrogen-bond donors (Lipinski definition) is 0. The third-order valence-corrected chi connectivity index (χ3v) is 3.73. The summed E-state index contributed by atoms with van der Waals surface area (Å²) in [7, 11) is 1.86. The van der Waals surface area contributed by atoms with E-state index in [2.05, 4.69) is 26.0 Å². The van der Waals surface area contributed by atoms with Gasteiger partial charge < -0.3 is 0 Å². The lowest BCUT2D eigenvalue weighted by atomic mass is 10.1. The van der Waals surface area contributed by atoms with Crippen LogP contribution < -0.4 is 0 Å². The number of pyridine rings is 1. The molecule has 0 aromatic carbocycles. The Morgan fingerprint density at radius 3 is 2.83 bits per heavy atom. The molecule has 0 saturated heterocycles. The molecule has 0 saturated carbocycles. The normalized spacial score (nSPS) is 10.6. The summed E-state index contributed by atoms with van der Waals surface area (Å²) in [6.45, 7) is 2.04. The molecule has 18 heavy (non-hydrogen) atoms. The average molecular weight is 308 g/mol. The summed E-state index contributed by atoms with van der Waals surface area (Å²) in [5, 5.41) is 4.38. The number of nitrogens with zero attached hydrogens (tertiary/aromatic N) is 3. The average Bonchev–Trinajstić information content (AvgIpc) is 2.67. The summed E-state index contributed by atoms with van der Waals surface area (Å²) in [6.07, 6.45) is 4.42. The highest BCUT2D eigenvalue weighted by molar-refractivity contribution is 9.10. The highest BCUT2D eigenvalue weighted by Gasteiger charge is 2.16. The molecular formula is C13H14BrN3O. The molecule has 2 heterocycles. The zero-order chi connectivity index (χ0) is 13.1. The van der Waals surface area contributed by atoms with E-state index in [-0.39, 0.29) is 5.78 Å². The van der Waals surface area contributed by atoms with Gasteiger partial charge in [-0.05, 0) is 34.5 Å². The Morgan fingerprint density at radius 2 is 2.28 bits per heavy atom. The predicted molar refractivity (Wildman–Crippen MR) is 72.6 cm³/mol. The molecule has 0 unspecified atom stereocenters. The topological polar surface area (TPSA) is 47.8 Å². The lowest BCUT2D eigenvalue weighted by molar-refractivity contribution is 0.0990. The van der Waals surface area contributed by atoms with E-state index in [1.807, 2.05) is 14.0 Å². The molecular weight excluding hydrogens is 294 g/mol. The minimum Gasteiger partial charge on any atom is -0.294 e. The van der Waals surface area contributed by atoms with Gasteiger partial charge in [0.1, 0.15) is 0 Å². The number of aryl methyl sites for hydroxylation is 2. The van der Waals surface area contributed by atoms with Crippen molar-refractivity contribution in [3.63, 3.8) is 0 Å². The highest BCUT2D eigenvalue weighted by Crippen LogP contribution is 2.22. The van der Waals surface area contributed by atoms with E-state index in [4.69, 9.17) is 0 Å². The van der Waals surface area contributed by atoms with Crippen LogP contribution in [0.15, 0.2) is 29.0 Å². The second kappa shape index (κ2) is 5.44. The Bertz CT molecular complexity index is 563. The first-order chi connectivity index (χ1) is 8.63. The minimum absolute atomic E-state index is 0.0504. The fourth-order valence-electron chi connectivity index (χ4n) is 1.79. The Morgan fingerprint density at radius 1 is 1.50 bits per heavy atom. The van der Waals surface area contributed by atoms with Crippen molar-refractivity contribution < 1.29 is 4.79 Å². The quantitative estimate of drug-likeness (QED) is 0.816. The zero-order valence-corrected chi connectivity index (χ0v) is 11.9. The number of carbonyl (C=O) groups excluding carboxylic acids is 1. The smallest absolute Gasteiger partial charge is 0.170 e. The lowest BCUT2D eigenvalue weighted by Crippen LogP contribution is -2.08. The Balaban J connectivity index is 2.25. The van der Waals surface area contributed by atoms with Gasteiger partial charge in [-0.25, -0.2) is 0 Å². The third-order valence-electron chi connectivity index (χ3n) is 2.81. The molecule has 4 nitrogen and oxygen atoms in total. The van der Waals surface area contributed by atoms with Gasteiger partial charge in [-0.1, -0.05) is 6.92 Å². The van der Waals surface area contributed by atoms with Crippen molar-refractivity contribution in [2.75, 3.05) is 0 Å². The van der Waals surface area contributed by atoms with Gasteiger partial charge in [0, 0.05) is 25.0 Å². The summed E-state index contributed by atoms with van der Waals surface area (Å²) in [5.74, 6) is 0.0504. The van der Waals surface area contributed by atoms with Crippen molar-refractivity contribution in [1.29, 1.82) is 0 Å². The molecule has 0 spiro atoms. The third kappa shape index (κ3) is 2.51. The van der Waals surface area contributed by atoms with Gasteiger partial charge in [0.25, 0.3) is 0 Å². The first-order valence-electron chi connectivity index (χ1n) is 5.77. The Kier molecular flexibility index (Phi) is 3.91. The van der Waals surface area contributed by atoms with Crippen molar-refractivity contribution in [2.24, 2.45) is 7.05 Å². The van der Waals surface area contributed by atoms with Gasteiger partial charge >= 0.3 is 0 Å². The number of Topliss-reactive ketones (excluding diaryl/α,β-unsaturated/α-hetero) is 1. The maximum Gasteiger partial charge on any atom is 0.170 e.